The minimum absolute atomic E-state index is 0.0194. The lowest BCUT2D eigenvalue weighted by Crippen LogP contribution is -2.58. The number of hydrogen-bond acceptors (Lipinski definition) is 8. The van der Waals surface area contributed by atoms with Crippen molar-refractivity contribution < 1.29 is 44.2 Å². The standard InChI is InChI=1S/C16H20O9/c1-23-12-5-8(14(19)20)3-4-11(12)25-13-9(17)6-16(22,7-10(13)18)15(21)24-2/h3-5,9-10,13,17-18,22H,6-7H2,1-2H3,(H,19,20). The molecular formula is C16H20O9. The van der Waals surface area contributed by atoms with Gasteiger partial charge in [-0.3, -0.25) is 0 Å². The topological polar surface area (TPSA) is 143 Å². The van der Waals surface area contributed by atoms with Gasteiger partial charge in [0.25, 0.3) is 0 Å². The zero-order valence-electron chi connectivity index (χ0n) is 13.7. The summed E-state index contributed by atoms with van der Waals surface area (Å²) in [4.78, 5) is 22.6. The minimum Gasteiger partial charge on any atom is -0.493 e. The fourth-order valence-corrected chi connectivity index (χ4v) is 2.82. The number of carboxylic acid groups (broad SMARTS) is 1. The first-order valence-corrected chi connectivity index (χ1v) is 7.46. The van der Waals surface area contributed by atoms with Gasteiger partial charge in [0.05, 0.1) is 32.0 Å². The van der Waals surface area contributed by atoms with Crippen molar-refractivity contribution in [3.63, 3.8) is 0 Å². The Balaban J connectivity index is 2.21. The lowest BCUT2D eigenvalue weighted by Gasteiger charge is -2.40. The maximum atomic E-state index is 11.6. The molecule has 0 saturated heterocycles. The predicted octanol–water partition coefficient (Wildman–Crippen LogP) is -0.440. The summed E-state index contributed by atoms with van der Waals surface area (Å²) in [5, 5.41) is 39.6. The summed E-state index contributed by atoms with van der Waals surface area (Å²) in [6.07, 6.45) is -4.63. The van der Waals surface area contributed by atoms with Crippen molar-refractivity contribution in [1.82, 2.24) is 0 Å². The molecule has 9 nitrogen and oxygen atoms in total. The van der Waals surface area contributed by atoms with Gasteiger partial charge in [0.15, 0.2) is 23.2 Å². The van der Waals surface area contributed by atoms with E-state index in [0.717, 1.165) is 7.11 Å². The molecule has 1 aromatic rings. The number of methoxy groups -OCH3 is 2. The van der Waals surface area contributed by atoms with E-state index in [-0.39, 0.29) is 29.9 Å². The highest BCUT2D eigenvalue weighted by molar-refractivity contribution is 5.88. The van der Waals surface area contributed by atoms with Crippen molar-refractivity contribution in [2.45, 2.75) is 36.8 Å². The van der Waals surface area contributed by atoms with Crippen molar-refractivity contribution >= 4 is 11.9 Å². The largest absolute Gasteiger partial charge is 0.493 e. The first-order valence-electron chi connectivity index (χ1n) is 7.46. The number of carbonyl (C=O) groups is 2. The zero-order valence-corrected chi connectivity index (χ0v) is 13.7. The normalized spacial score (nSPS) is 28.9. The predicted molar refractivity (Wildman–Crippen MR) is 82.6 cm³/mol. The fraction of sp³-hybridized carbons (Fsp3) is 0.500. The average molecular weight is 356 g/mol. The molecule has 1 aliphatic carbocycles. The molecule has 138 valence electrons. The third kappa shape index (κ3) is 3.84. The van der Waals surface area contributed by atoms with Crippen LogP contribution in [0.5, 0.6) is 11.5 Å². The summed E-state index contributed by atoms with van der Waals surface area (Å²) >= 11 is 0. The highest BCUT2D eigenvalue weighted by Gasteiger charge is 2.50. The molecule has 0 heterocycles. The Labute approximate surface area is 143 Å². The van der Waals surface area contributed by atoms with Crippen LogP contribution in [0.2, 0.25) is 0 Å². The number of benzene rings is 1. The number of rotatable bonds is 5. The van der Waals surface area contributed by atoms with Gasteiger partial charge in [0.1, 0.15) is 0 Å². The number of carbonyl (C=O) groups excluding carboxylic acids is 1. The van der Waals surface area contributed by atoms with Crippen molar-refractivity contribution in [1.29, 1.82) is 0 Å². The van der Waals surface area contributed by atoms with Gasteiger partial charge in [0.2, 0.25) is 0 Å². The van der Waals surface area contributed by atoms with Crippen LogP contribution in [0, 0.1) is 0 Å². The number of hydrogen-bond donors (Lipinski definition) is 4. The van der Waals surface area contributed by atoms with Crippen molar-refractivity contribution in [2.24, 2.45) is 0 Å². The Hall–Kier alpha value is -2.36. The third-order valence-electron chi connectivity index (χ3n) is 4.09. The Morgan fingerprint density at radius 1 is 1.12 bits per heavy atom. The number of carboxylic acids is 1. The smallest absolute Gasteiger partial charge is 0.338 e. The molecule has 0 radical (unpaired) electrons. The van der Waals surface area contributed by atoms with Crippen LogP contribution in [0.4, 0.5) is 0 Å². The Bertz CT molecular complexity index is 645. The summed E-state index contributed by atoms with van der Waals surface area (Å²) in [6, 6.07) is 3.86. The maximum absolute atomic E-state index is 11.6. The summed E-state index contributed by atoms with van der Waals surface area (Å²) < 4.78 is 15.1. The van der Waals surface area contributed by atoms with E-state index in [9.17, 15) is 24.9 Å². The van der Waals surface area contributed by atoms with E-state index in [2.05, 4.69) is 4.74 Å². The molecule has 1 aliphatic rings. The molecule has 2 atom stereocenters. The zero-order chi connectivity index (χ0) is 18.8. The highest BCUT2D eigenvalue weighted by atomic mass is 16.5. The molecule has 1 fully saturated rings. The Morgan fingerprint density at radius 3 is 2.20 bits per heavy atom. The van der Waals surface area contributed by atoms with Crippen LogP contribution in [0.25, 0.3) is 0 Å². The van der Waals surface area contributed by atoms with Crippen LogP contribution >= 0.6 is 0 Å². The van der Waals surface area contributed by atoms with Crippen LogP contribution < -0.4 is 9.47 Å². The van der Waals surface area contributed by atoms with Gasteiger partial charge in [-0.1, -0.05) is 0 Å². The van der Waals surface area contributed by atoms with Gasteiger partial charge in [-0.05, 0) is 18.2 Å². The Morgan fingerprint density at radius 2 is 1.72 bits per heavy atom. The molecule has 0 bridgehead atoms. The van der Waals surface area contributed by atoms with E-state index in [1.165, 1.54) is 25.3 Å². The molecule has 0 spiro atoms. The minimum atomic E-state index is -2.01. The summed E-state index contributed by atoms with van der Waals surface area (Å²) in [7, 11) is 2.41. The molecule has 25 heavy (non-hydrogen) atoms. The highest BCUT2D eigenvalue weighted by Crippen LogP contribution is 2.35. The summed E-state index contributed by atoms with van der Waals surface area (Å²) in [6.45, 7) is 0. The first kappa shape index (κ1) is 19.0. The van der Waals surface area contributed by atoms with Crippen LogP contribution in [0.15, 0.2) is 18.2 Å². The van der Waals surface area contributed by atoms with Gasteiger partial charge in [-0.2, -0.15) is 0 Å². The van der Waals surface area contributed by atoms with Gasteiger partial charge in [0, 0.05) is 12.8 Å². The van der Waals surface area contributed by atoms with Crippen molar-refractivity contribution in [2.75, 3.05) is 14.2 Å². The Kier molecular flexibility index (Phi) is 5.51. The number of ether oxygens (including phenoxy) is 3. The van der Waals surface area contributed by atoms with E-state index in [1.54, 1.807) is 0 Å². The first-order chi connectivity index (χ1) is 11.7. The lowest BCUT2D eigenvalue weighted by atomic mass is 9.79. The van der Waals surface area contributed by atoms with Gasteiger partial charge in [-0.25, -0.2) is 9.59 Å². The number of aliphatic hydroxyl groups excluding tert-OH is 2. The number of esters is 1. The second kappa shape index (κ2) is 7.26. The lowest BCUT2D eigenvalue weighted by molar-refractivity contribution is -0.187. The van der Waals surface area contributed by atoms with Crippen molar-refractivity contribution in [3.8, 4) is 11.5 Å². The van der Waals surface area contributed by atoms with Crippen molar-refractivity contribution in [3.05, 3.63) is 23.8 Å². The molecule has 1 saturated carbocycles. The number of aromatic carboxylic acids is 1. The van der Waals surface area contributed by atoms with E-state index in [0.29, 0.717) is 0 Å². The van der Waals surface area contributed by atoms with E-state index in [1.807, 2.05) is 0 Å². The monoisotopic (exact) mass is 356 g/mol. The molecule has 0 aromatic heterocycles. The van der Waals surface area contributed by atoms with Crippen LogP contribution in [-0.4, -0.2) is 70.5 Å². The van der Waals surface area contributed by atoms with Crippen LogP contribution in [0.1, 0.15) is 23.2 Å². The summed E-state index contributed by atoms with van der Waals surface area (Å²) in [5.74, 6) is -1.88. The molecule has 0 amide bonds. The van der Waals surface area contributed by atoms with Gasteiger partial charge >= 0.3 is 11.9 Å². The molecule has 2 rings (SSSR count). The third-order valence-corrected chi connectivity index (χ3v) is 4.09. The second-order valence-corrected chi connectivity index (χ2v) is 5.82. The molecular weight excluding hydrogens is 336 g/mol. The second-order valence-electron chi connectivity index (χ2n) is 5.82. The summed E-state index contributed by atoms with van der Waals surface area (Å²) in [5.41, 5.74) is -2.03. The molecule has 4 N–H and O–H groups in total. The molecule has 1 aromatic carbocycles. The molecule has 0 aliphatic heterocycles. The quantitative estimate of drug-likeness (QED) is 0.516. The molecule has 2 unspecified atom stereocenters. The van der Waals surface area contributed by atoms with E-state index < -0.39 is 35.9 Å². The average Bonchev–Trinajstić information content (AvgIpc) is 2.57. The van der Waals surface area contributed by atoms with Gasteiger partial charge in [-0.15, -0.1) is 0 Å². The van der Waals surface area contributed by atoms with E-state index >= 15 is 0 Å². The van der Waals surface area contributed by atoms with Crippen LogP contribution in [0.3, 0.4) is 0 Å². The van der Waals surface area contributed by atoms with E-state index in [4.69, 9.17) is 14.6 Å². The molecule has 9 heteroatoms. The number of aliphatic hydroxyl groups is 3. The van der Waals surface area contributed by atoms with Gasteiger partial charge < -0.3 is 34.6 Å². The maximum Gasteiger partial charge on any atom is 0.338 e. The fourth-order valence-electron chi connectivity index (χ4n) is 2.82. The van der Waals surface area contributed by atoms with Crippen LogP contribution in [-0.2, 0) is 9.53 Å². The SMILES string of the molecule is COC(=O)C1(O)CC(O)C(Oc2ccc(C(=O)O)cc2OC)C(O)C1.